The first-order valence-electron chi connectivity index (χ1n) is 7.93. The van der Waals surface area contributed by atoms with E-state index in [0.717, 1.165) is 32.0 Å². The van der Waals surface area contributed by atoms with E-state index in [2.05, 4.69) is 5.32 Å². The average Bonchev–Trinajstić information content (AvgIpc) is 2.59. The Kier molecular flexibility index (Phi) is 8.07. The van der Waals surface area contributed by atoms with Gasteiger partial charge in [-0.2, -0.15) is 4.31 Å². The Bertz CT molecular complexity index is 690. The van der Waals surface area contributed by atoms with Crippen LogP contribution in [-0.2, 0) is 10.0 Å². The van der Waals surface area contributed by atoms with E-state index < -0.39 is 14.9 Å². The topological polar surface area (TPSA) is 102 Å². The first kappa shape index (κ1) is 21.6. The van der Waals surface area contributed by atoms with Crippen LogP contribution in [0.15, 0.2) is 23.1 Å². The van der Waals surface area contributed by atoms with Gasteiger partial charge in [-0.1, -0.05) is 6.92 Å². The highest BCUT2D eigenvalue weighted by Gasteiger charge is 2.31. The van der Waals surface area contributed by atoms with Crippen LogP contribution >= 0.6 is 12.4 Å². The molecule has 1 aromatic rings. The lowest BCUT2D eigenvalue weighted by Gasteiger charge is -2.31. The highest BCUT2D eigenvalue weighted by atomic mass is 35.5. The molecule has 2 rings (SSSR count). The number of nitrogens with zero attached hydrogens (tertiary/aromatic N) is 2. The summed E-state index contributed by atoms with van der Waals surface area (Å²) in [5, 5.41) is 14.4. The largest absolute Gasteiger partial charge is 0.490 e. The molecule has 0 unspecified atom stereocenters. The van der Waals surface area contributed by atoms with E-state index in [0.29, 0.717) is 19.0 Å². The number of nitro groups is 1. The molecule has 0 radical (unpaired) electrons. The van der Waals surface area contributed by atoms with E-state index in [-0.39, 0.29) is 28.7 Å². The molecule has 0 aliphatic carbocycles. The van der Waals surface area contributed by atoms with Gasteiger partial charge in [-0.25, -0.2) is 8.42 Å². The lowest BCUT2D eigenvalue weighted by Crippen LogP contribution is -2.40. The molecule has 1 fully saturated rings. The lowest BCUT2D eigenvalue weighted by molar-refractivity contribution is -0.386. The van der Waals surface area contributed by atoms with Gasteiger partial charge in [-0.05, 0) is 44.0 Å². The minimum absolute atomic E-state index is 0. The highest BCUT2D eigenvalue weighted by molar-refractivity contribution is 7.89. The van der Waals surface area contributed by atoms with Gasteiger partial charge >= 0.3 is 5.69 Å². The summed E-state index contributed by atoms with van der Waals surface area (Å²) < 4.78 is 31.8. The van der Waals surface area contributed by atoms with Crippen molar-refractivity contribution in [1.82, 2.24) is 9.62 Å². The van der Waals surface area contributed by atoms with E-state index in [4.69, 9.17) is 4.74 Å². The number of nitro benzene ring substituents is 1. The Morgan fingerprint density at radius 1 is 1.36 bits per heavy atom. The number of hydrogen-bond donors (Lipinski definition) is 1. The van der Waals surface area contributed by atoms with Crippen molar-refractivity contribution < 1.29 is 18.1 Å². The van der Waals surface area contributed by atoms with Crippen LogP contribution in [0.1, 0.15) is 19.8 Å². The van der Waals surface area contributed by atoms with Crippen molar-refractivity contribution in [3.05, 3.63) is 28.3 Å². The van der Waals surface area contributed by atoms with Crippen LogP contribution in [0.5, 0.6) is 5.75 Å². The van der Waals surface area contributed by atoms with Crippen LogP contribution in [0, 0.1) is 16.0 Å². The van der Waals surface area contributed by atoms with Crippen molar-refractivity contribution in [2.45, 2.75) is 24.7 Å². The molecule has 0 saturated carbocycles. The number of hydrogen-bond acceptors (Lipinski definition) is 6. The molecule has 1 aliphatic rings. The van der Waals surface area contributed by atoms with E-state index in [1.165, 1.54) is 23.5 Å². The minimum Gasteiger partial charge on any atom is -0.490 e. The van der Waals surface area contributed by atoms with Gasteiger partial charge in [-0.15, -0.1) is 12.4 Å². The standard InChI is InChI=1S/C15H23N3O5S.ClH/c1-3-16-11-12-6-8-17(9-7-12)24(21,22)13-4-5-15(23-2)14(10-13)18(19)20;/h4-5,10,12,16H,3,6-9,11H2,1-2H3;1H. The van der Waals surface area contributed by atoms with Crippen molar-refractivity contribution in [2.75, 3.05) is 33.3 Å². The lowest BCUT2D eigenvalue weighted by atomic mass is 9.98. The normalized spacial score (nSPS) is 16.2. The van der Waals surface area contributed by atoms with E-state index in [1.54, 1.807) is 0 Å². The van der Waals surface area contributed by atoms with Crippen molar-refractivity contribution in [3.8, 4) is 5.75 Å². The smallest absolute Gasteiger partial charge is 0.312 e. The van der Waals surface area contributed by atoms with E-state index in [9.17, 15) is 18.5 Å². The van der Waals surface area contributed by atoms with Gasteiger partial charge in [0.1, 0.15) is 0 Å². The maximum absolute atomic E-state index is 12.7. The zero-order valence-corrected chi connectivity index (χ0v) is 15.9. The van der Waals surface area contributed by atoms with Crippen molar-refractivity contribution in [2.24, 2.45) is 5.92 Å². The highest BCUT2D eigenvalue weighted by Crippen LogP contribution is 2.31. The maximum atomic E-state index is 12.7. The fourth-order valence-corrected chi connectivity index (χ4v) is 4.31. The van der Waals surface area contributed by atoms with Crippen LogP contribution in [0.3, 0.4) is 0 Å². The van der Waals surface area contributed by atoms with Gasteiger partial charge in [0, 0.05) is 19.2 Å². The fraction of sp³-hybridized carbons (Fsp3) is 0.600. The Balaban J connectivity index is 0.00000312. The maximum Gasteiger partial charge on any atom is 0.312 e. The van der Waals surface area contributed by atoms with E-state index >= 15 is 0 Å². The van der Waals surface area contributed by atoms with Gasteiger partial charge < -0.3 is 10.1 Å². The second-order valence-corrected chi connectivity index (χ2v) is 7.68. The second-order valence-electron chi connectivity index (χ2n) is 5.75. The van der Waals surface area contributed by atoms with Crippen LogP contribution in [0.25, 0.3) is 0 Å². The zero-order valence-electron chi connectivity index (χ0n) is 14.3. The number of sulfonamides is 1. The first-order valence-corrected chi connectivity index (χ1v) is 9.37. The molecule has 10 heteroatoms. The molecule has 0 atom stereocenters. The molecule has 1 aromatic carbocycles. The van der Waals surface area contributed by atoms with Crippen LogP contribution in [-0.4, -0.2) is 50.9 Å². The zero-order chi connectivity index (χ0) is 17.7. The Hall–Kier alpha value is -1.42. The van der Waals surface area contributed by atoms with Crippen LogP contribution in [0.2, 0.25) is 0 Å². The summed E-state index contributed by atoms with van der Waals surface area (Å²) in [5.41, 5.74) is -0.347. The van der Waals surface area contributed by atoms with Crippen molar-refractivity contribution >= 4 is 28.1 Å². The predicted octanol–water partition coefficient (Wildman–Crippen LogP) is 2.04. The Morgan fingerprint density at radius 2 is 2.00 bits per heavy atom. The first-order chi connectivity index (χ1) is 11.4. The van der Waals surface area contributed by atoms with E-state index in [1.807, 2.05) is 6.92 Å². The summed E-state index contributed by atoms with van der Waals surface area (Å²) in [6, 6.07) is 3.74. The molecular formula is C15H24ClN3O5S. The quantitative estimate of drug-likeness (QED) is 0.561. The molecule has 8 nitrogen and oxygen atoms in total. The van der Waals surface area contributed by atoms with Gasteiger partial charge in [-0.3, -0.25) is 10.1 Å². The number of rotatable bonds is 7. The van der Waals surface area contributed by atoms with Crippen molar-refractivity contribution in [1.29, 1.82) is 0 Å². The molecule has 1 saturated heterocycles. The van der Waals surface area contributed by atoms with Gasteiger partial charge in [0.25, 0.3) is 0 Å². The summed E-state index contributed by atoms with van der Waals surface area (Å²) in [4.78, 5) is 10.4. The van der Waals surface area contributed by atoms with Gasteiger partial charge in [0.15, 0.2) is 5.75 Å². The third-order valence-corrected chi connectivity index (χ3v) is 6.14. The molecule has 0 aromatic heterocycles. The third kappa shape index (κ3) is 5.04. The fourth-order valence-electron chi connectivity index (χ4n) is 2.82. The number of ether oxygens (including phenoxy) is 1. The number of halogens is 1. The summed E-state index contributed by atoms with van der Waals surface area (Å²) in [6.07, 6.45) is 1.56. The van der Waals surface area contributed by atoms with Gasteiger partial charge in [0.2, 0.25) is 10.0 Å². The Labute approximate surface area is 154 Å². The number of nitrogens with one attached hydrogen (secondary N) is 1. The Morgan fingerprint density at radius 3 is 2.52 bits per heavy atom. The monoisotopic (exact) mass is 393 g/mol. The summed E-state index contributed by atoms with van der Waals surface area (Å²) >= 11 is 0. The molecule has 25 heavy (non-hydrogen) atoms. The SMILES string of the molecule is CCNCC1CCN(S(=O)(=O)c2ccc(OC)c([N+](=O)[O-])c2)CC1.Cl. The molecular weight excluding hydrogens is 370 g/mol. The summed E-state index contributed by atoms with van der Waals surface area (Å²) in [5.74, 6) is 0.505. The third-order valence-electron chi connectivity index (χ3n) is 4.24. The van der Waals surface area contributed by atoms with Crippen LogP contribution in [0.4, 0.5) is 5.69 Å². The molecule has 0 amide bonds. The molecule has 1 heterocycles. The molecule has 1 N–H and O–H groups in total. The molecule has 0 spiro atoms. The number of benzene rings is 1. The molecule has 0 bridgehead atoms. The average molecular weight is 394 g/mol. The number of piperidine rings is 1. The summed E-state index contributed by atoms with van der Waals surface area (Å²) in [6.45, 7) is 4.68. The van der Waals surface area contributed by atoms with Gasteiger partial charge in [0.05, 0.1) is 16.9 Å². The number of methoxy groups -OCH3 is 1. The molecule has 1 aliphatic heterocycles. The van der Waals surface area contributed by atoms with Crippen LogP contribution < -0.4 is 10.1 Å². The second kappa shape index (κ2) is 9.33. The van der Waals surface area contributed by atoms with Crippen molar-refractivity contribution in [3.63, 3.8) is 0 Å². The summed E-state index contributed by atoms with van der Waals surface area (Å²) in [7, 11) is -2.42. The predicted molar refractivity (Wildman–Crippen MR) is 96.9 cm³/mol. The minimum atomic E-state index is -3.73. The molecule has 142 valence electrons.